The van der Waals surface area contributed by atoms with Crippen molar-refractivity contribution in [1.82, 2.24) is 4.90 Å². The molecule has 1 saturated carbocycles. The van der Waals surface area contributed by atoms with Gasteiger partial charge in [0.25, 0.3) is 0 Å². The highest BCUT2D eigenvalue weighted by atomic mass is 16.3. The van der Waals surface area contributed by atoms with Crippen molar-refractivity contribution >= 4 is 0 Å². The molecule has 0 spiro atoms. The zero-order chi connectivity index (χ0) is 14.0. The minimum Gasteiger partial charge on any atom is -0.390 e. The summed E-state index contributed by atoms with van der Waals surface area (Å²) in [5.74, 6) is 0.448. The van der Waals surface area contributed by atoms with Crippen molar-refractivity contribution in [2.45, 2.75) is 44.2 Å². The van der Waals surface area contributed by atoms with E-state index in [4.69, 9.17) is 5.26 Å². The first-order chi connectivity index (χ1) is 9.69. The van der Waals surface area contributed by atoms with Gasteiger partial charge < -0.3 is 5.11 Å². The number of aliphatic hydroxyl groups is 1. The molecular formula is C17H22N2O. The molecule has 3 nitrogen and oxygen atoms in total. The fourth-order valence-corrected chi connectivity index (χ4v) is 3.73. The number of hydrogen-bond donors (Lipinski definition) is 1. The quantitative estimate of drug-likeness (QED) is 0.898. The Bertz CT molecular complexity index is 505. The molecule has 106 valence electrons. The van der Waals surface area contributed by atoms with Crippen LogP contribution in [-0.2, 0) is 6.54 Å². The molecule has 20 heavy (non-hydrogen) atoms. The zero-order valence-corrected chi connectivity index (χ0v) is 11.9. The van der Waals surface area contributed by atoms with E-state index >= 15 is 0 Å². The first-order valence-electron chi connectivity index (χ1n) is 7.63. The Hall–Kier alpha value is -1.37. The Morgan fingerprint density at radius 1 is 1.25 bits per heavy atom. The van der Waals surface area contributed by atoms with Crippen molar-refractivity contribution in [2.24, 2.45) is 5.92 Å². The number of nitriles is 1. The Kier molecular flexibility index (Phi) is 3.78. The van der Waals surface area contributed by atoms with E-state index in [1.165, 1.54) is 24.8 Å². The van der Waals surface area contributed by atoms with Crippen LogP contribution in [0.25, 0.3) is 0 Å². The van der Waals surface area contributed by atoms with Crippen molar-refractivity contribution in [3.63, 3.8) is 0 Å². The number of hydrogen-bond acceptors (Lipinski definition) is 3. The molecular weight excluding hydrogens is 248 g/mol. The van der Waals surface area contributed by atoms with E-state index in [-0.39, 0.29) is 5.60 Å². The van der Waals surface area contributed by atoms with Crippen LogP contribution in [0.4, 0.5) is 0 Å². The summed E-state index contributed by atoms with van der Waals surface area (Å²) in [6.45, 7) is 2.92. The maximum Gasteiger partial charge on any atom is 0.0991 e. The average molecular weight is 270 g/mol. The van der Waals surface area contributed by atoms with Gasteiger partial charge in [0.2, 0.25) is 0 Å². The van der Waals surface area contributed by atoms with E-state index in [2.05, 4.69) is 11.0 Å². The second kappa shape index (κ2) is 5.55. The summed E-state index contributed by atoms with van der Waals surface area (Å²) in [6, 6.07) is 10.0. The second-order valence-corrected chi connectivity index (χ2v) is 6.34. The van der Waals surface area contributed by atoms with Crippen LogP contribution in [0.1, 0.15) is 43.2 Å². The molecule has 1 heterocycles. The summed E-state index contributed by atoms with van der Waals surface area (Å²) in [7, 11) is 0. The molecule has 0 aromatic heterocycles. The van der Waals surface area contributed by atoms with Gasteiger partial charge in [-0.2, -0.15) is 5.26 Å². The summed E-state index contributed by atoms with van der Waals surface area (Å²) in [5.41, 5.74) is 1.58. The molecule has 2 unspecified atom stereocenters. The predicted molar refractivity (Wildman–Crippen MR) is 78.0 cm³/mol. The van der Waals surface area contributed by atoms with Crippen LogP contribution in [0.15, 0.2) is 24.3 Å². The summed E-state index contributed by atoms with van der Waals surface area (Å²) < 4.78 is 0. The van der Waals surface area contributed by atoms with Gasteiger partial charge >= 0.3 is 0 Å². The Morgan fingerprint density at radius 2 is 2.05 bits per heavy atom. The number of fused-ring (bicyclic) bond motifs is 1. The van der Waals surface area contributed by atoms with Gasteiger partial charge in [0.15, 0.2) is 0 Å². The maximum absolute atomic E-state index is 10.7. The lowest BCUT2D eigenvalue weighted by Gasteiger charge is -2.47. The summed E-state index contributed by atoms with van der Waals surface area (Å²) >= 11 is 0. The van der Waals surface area contributed by atoms with Crippen LogP contribution in [0, 0.1) is 17.2 Å². The third-order valence-corrected chi connectivity index (χ3v) is 5.00. The lowest BCUT2D eigenvalue weighted by atomic mass is 9.71. The van der Waals surface area contributed by atoms with E-state index in [0.717, 1.165) is 32.5 Å². The van der Waals surface area contributed by atoms with Gasteiger partial charge in [-0.3, -0.25) is 4.90 Å². The summed E-state index contributed by atoms with van der Waals surface area (Å²) in [5, 5.41) is 19.5. The van der Waals surface area contributed by atoms with Crippen molar-refractivity contribution in [3.05, 3.63) is 35.4 Å². The number of benzene rings is 1. The molecule has 1 aromatic rings. The fraction of sp³-hybridized carbons (Fsp3) is 0.588. The maximum atomic E-state index is 10.7. The normalized spacial score (nSPS) is 30.5. The van der Waals surface area contributed by atoms with E-state index in [1.54, 1.807) is 0 Å². The number of nitrogens with zero attached hydrogens (tertiary/aromatic N) is 2. The van der Waals surface area contributed by atoms with Crippen LogP contribution < -0.4 is 0 Å². The van der Waals surface area contributed by atoms with E-state index in [9.17, 15) is 5.11 Å². The van der Waals surface area contributed by atoms with E-state index in [1.807, 2.05) is 24.3 Å². The smallest absolute Gasteiger partial charge is 0.0991 e. The Labute approximate surface area is 120 Å². The third-order valence-electron chi connectivity index (χ3n) is 5.00. The molecule has 0 bridgehead atoms. The molecule has 2 aliphatic rings. The van der Waals surface area contributed by atoms with Gasteiger partial charge in [-0.05, 0) is 37.0 Å². The van der Waals surface area contributed by atoms with Crippen LogP contribution >= 0.6 is 0 Å². The SMILES string of the molecule is N#Cc1ccc(CN2CCC3(O)CCCCC3C2)cc1. The molecule has 1 saturated heterocycles. The first kappa shape index (κ1) is 13.6. The Morgan fingerprint density at radius 3 is 2.80 bits per heavy atom. The lowest BCUT2D eigenvalue weighted by Crippen LogP contribution is -2.52. The number of piperidine rings is 1. The predicted octanol–water partition coefficient (Wildman–Crippen LogP) is 2.69. The van der Waals surface area contributed by atoms with Gasteiger partial charge in [0.1, 0.15) is 0 Å². The Balaban J connectivity index is 1.63. The van der Waals surface area contributed by atoms with Gasteiger partial charge in [-0.15, -0.1) is 0 Å². The molecule has 3 heteroatoms. The van der Waals surface area contributed by atoms with Crippen molar-refractivity contribution in [3.8, 4) is 6.07 Å². The monoisotopic (exact) mass is 270 g/mol. The largest absolute Gasteiger partial charge is 0.390 e. The van der Waals surface area contributed by atoms with Gasteiger partial charge in [-0.1, -0.05) is 25.0 Å². The molecule has 2 fully saturated rings. The molecule has 1 N–H and O–H groups in total. The topological polar surface area (TPSA) is 47.3 Å². The first-order valence-corrected chi connectivity index (χ1v) is 7.63. The molecule has 3 rings (SSSR count). The summed E-state index contributed by atoms with van der Waals surface area (Å²) in [4.78, 5) is 2.45. The standard InChI is InChI=1S/C17H22N2O/c18-11-14-4-6-15(7-5-14)12-19-10-9-17(20)8-2-1-3-16(17)13-19/h4-7,16,20H,1-3,8-10,12-13H2. The highest BCUT2D eigenvalue weighted by molar-refractivity contribution is 5.31. The molecule has 1 aliphatic heterocycles. The van der Waals surface area contributed by atoms with Crippen molar-refractivity contribution < 1.29 is 5.11 Å². The molecule has 1 aromatic carbocycles. The minimum absolute atomic E-state index is 0.389. The number of rotatable bonds is 2. The highest BCUT2D eigenvalue weighted by Gasteiger charge is 2.42. The van der Waals surface area contributed by atoms with Crippen LogP contribution in [-0.4, -0.2) is 28.7 Å². The second-order valence-electron chi connectivity index (χ2n) is 6.34. The summed E-state index contributed by atoms with van der Waals surface area (Å²) in [6.07, 6.45) is 5.51. The number of likely N-dealkylation sites (tertiary alicyclic amines) is 1. The van der Waals surface area contributed by atoms with Crippen LogP contribution in [0.3, 0.4) is 0 Å². The minimum atomic E-state index is -0.389. The van der Waals surface area contributed by atoms with Gasteiger partial charge in [0.05, 0.1) is 17.2 Å². The van der Waals surface area contributed by atoms with Gasteiger partial charge in [0, 0.05) is 25.6 Å². The molecule has 0 amide bonds. The molecule has 1 aliphatic carbocycles. The van der Waals surface area contributed by atoms with Crippen molar-refractivity contribution in [2.75, 3.05) is 13.1 Å². The van der Waals surface area contributed by atoms with Crippen molar-refractivity contribution in [1.29, 1.82) is 5.26 Å². The fourth-order valence-electron chi connectivity index (χ4n) is 3.73. The molecule has 2 atom stereocenters. The zero-order valence-electron chi connectivity index (χ0n) is 11.9. The van der Waals surface area contributed by atoms with E-state index < -0.39 is 0 Å². The average Bonchev–Trinajstić information content (AvgIpc) is 2.48. The van der Waals surface area contributed by atoms with Gasteiger partial charge in [-0.25, -0.2) is 0 Å². The van der Waals surface area contributed by atoms with Crippen LogP contribution in [0.2, 0.25) is 0 Å². The highest BCUT2D eigenvalue weighted by Crippen LogP contribution is 2.39. The van der Waals surface area contributed by atoms with E-state index in [0.29, 0.717) is 11.5 Å². The molecule has 0 radical (unpaired) electrons. The van der Waals surface area contributed by atoms with Crippen LogP contribution in [0.5, 0.6) is 0 Å². The lowest BCUT2D eigenvalue weighted by molar-refractivity contribution is -0.0967. The third kappa shape index (κ3) is 2.72.